The fourth-order valence-electron chi connectivity index (χ4n) is 9.37. The van der Waals surface area contributed by atoms with Crippen molar-refractivity contribution in [3.8, 4) is 0 Å². The fourth-order valence-corrected chi connectivity index (χ4v) is 9.37. The molecule has 5 aliphatic rings. The number of nitrogens with one attached hydrogen (secondary N) is 1. The summed E-state index contributed by atoms with van der Waals surface area (Å²) >= 11 is 0. The second-order valence-electron chi connectivity index (χ2n) is 12.9. The predicted molar refractivity (Wildman–Crippen MR) is 140 cm³/mol. The molecule has 4 nitrogen and oxygen atoms in total. The van der Waals surface area contributed by atoms with Gasteiger partial charge in [0.25, 0.3) is 0 Å². The van der Waals surface area contributed by atoms with Gasteiger partial charge in [-0.2, -0.15) is 0 Å². The molecule has 1 heterocycles. The van der Waals surface area contributed by atoms with E-state index in [9.17, 15) is 14.0 Å². The van der Waals surface area contributed by atoms with E-state index in [1.54, 1.807) is 18.2 Å². The maximum atomic E-state index is 14.5. The Kier molecular flexibility index (Phi) is 6.04. The number of nitrogens with zero attached hydrogens (tertiary/aromatic N) is 1. The molecule has 6 rings (SSSR count). The normalized spacial score (nSPS) is 40.1. The van der Waals surface area contributed by atoms with Crippen molar-refractivity contribution in [1.82, 2.24) is 5.32 Å². The molecule has 1 aromatic carbocycles. The van der Waals surface area contributed by atoms with E-state index in [1.165, 1.54) is 18.6 Å². The van der Waals surface area contributed by atoms with Crippen molar-refractivity contribution in [2.45, 2.75) is 96.6 Å². The van der Waals surface area contributed by atoms with Gasteiger partial charge >= 0.3 is 0 Å². The van der Waals surface area contributed by atoms with Crippen LogP contribution in [0.4, 0.5) is 10.1 Å². The molecule has 4 aliphatic carbocycles. The molecule has 4 saturated carbocycles. The van der Waals surface area contributed by atoms with Crippen LogP contribution in [0.1, 0.15) is 84.5 Å². The molecule has 4 fully saturated rings. The minimum Gasteiger partial charge on any atom is -0.349 e. The van der Waals surface area contributed by atoms with Crippen molar-refractivity contribution >= 4 is 17.5 Å². The average Bonchev–Trinajstić information content (AvgIpc) is 3.24. The second-order valence-corrected chi connectivity index (χ2v) is 12.9. The number of benzene rings is 1. The van der Waals surface area contributed by atoms with Crippen LogP contribution in [0.5, 0.6) is 0 Å². The van der Waals surface area contributed by atoms with Gasteiger partial charge in [0, 0.05) is 29.1 Å². The molecule has 1 N–H and O–H groups in total. The van der Waals surface area contributed by atoms with Gasteiger partial charge in [-0.3, -0.25) is 9.59 Å². The molecule has 36 heavy (non-hydrogen) atoms. The van der Waals surface area contributed by atoms with Gasteiger partial charge in [0.15, 0.2) is 0 Å². The van der Waals surface area contributed by atoms with Crippen molar-refractivity contribution in [3.05, 3.63) is 42.2 Å². The van der Waals surface area contributed by atoms with E-state index in [0.717, 1.165) is 69.9 Å². The number of fused-ring (bicyclic) bond motifs is 5. The molecular weight excluding hydrogens is 451 g/mol. The van der Waals surface area contributed by atoms with E-state index in [0.29, 0.717) is 17.8 Å². The molecular formula is C31H41FN2O2. The third kappa shape index (κ3) is 3.75. The highest BCUT2D eigenvalue weighted by atomic mass is 19.1. The summed E-state index contributed by atoms with van der Waals surface area (Å²) in [7, 11) is 0. The smallest absolute Gasteiger partial charge is 0.243 e. The minimum atomic E-state index is -0.252. The largest absolute Gasteiger partial charge is 0.349 e. The van der Waals surface area contributed by atoms with E-state index in [2.05, 4.69) is 30.1 Å². The molecule has 2 amide bonds. The topological polar surface area (TPSA) is 49.4 Å². The highest BCUT2D eigenvalue weighted by Crippen LogP contribution is 2.65. The van der Waals surface area contributed by atoms with Crippen LogP contribution in [0, 0.1) is 40.3 Å². The Balaban J connectivity index is 1.28. The number of amides is 2. The van der Waals surface area contributed by atoms with Crippen LogP contribution in [0.15, 0.2) is 36.4 Å². The molecule has 0 radical (unpaired) electrons. The first-order valence-electron chi connectivity index (χ1n) is 14.4. The summed E-state index contributed by atoms with van der Waals surface area (Å²) in [6.07, 6.45) is 16.0. The summed E-state index contributed by atoms with van der Waals surface area (Å²) in [6, 6.07) is 7.07. The van der Waals surface area contributed by atoms with Crippen LogP contribution in [-0.4, -0.2) is 23.9 Å². The molecule has 2 unspecified atom stereocenters. The van der Waals surface area contributed by atoms with E-state index < -0.39 is 0 Å². The Morgan fingerprint density at radius 2 is 1.69 bits per heavy atom. The lowest BCUT2D eigenvalue weighted by atomic mass is 9.48. The van der Waals surface area contributed by atoms with Crippen LogP contribution in [0.25, 0.3) is 0 Å². The second kappa shape index (κ2) is 8.99. The third-order valence-corrected chi connectivity index (χ3v) is 11.3. The van der Waals surface area contributed by atoms with E-state index in [4.69, 9.17) is 0 Å². The predicted octanol–water partition coefficient (Wildman–Crippen LogP) is 6.40. The van der Waals surface area contributed by atoms with Gasteiger partial charge in [0.2, 0.25) is 11.8 Å². The van der Waals surface area contributed by atoms with Gasteiger partial charge in [-0.1, -0.05) is 39.2 Å². The molecule has 0 saturated heterocycles. The molecule has 0 aromatic heterocycles. The SMILES string of the molecule is C[C@]12C=CC(=O)NC1CC[C@@H]1[C@H]2CC[C@]2(C)C(C(=O)N(c3ccc(F)cc3)C3CCCCC3)CC[C@@H]12. The Labute approximate surface area is 215 Å². The maximum absolute atomic E-state index is 14.5. The van der Waals surface area contributed by atoms with Gasteiger partial charge in [-0.05, 0) is 105 Å². The lowest BCUT2D eigenvalue weighted by Crippen LogP contribution is -2.59. The lowest BCUT2D eigenvalue weighted by Gasteiger charge is -2.59. The monoisotopic (exact) mass is 492 g/mol. The Bertz CT molecular complexity index is 1050. The van der Waals surface area contributed by atoms with Gasteiger partial charge in [-0.15, -0.1) is 0 Å². The summed E-state index contributed by atoms with van der Waals surface area (Å²) in [5, 5.41) is 3.25. The average molecular weight is 493 g/mol. The van der Waals surface area contributed by atoms with E-state index in [1.807, 2.05) is 0 Å². The Hall–Kier alpha value is -2.17. The van der Waals surface area contributed by atoms with Gasteiger partial charge in [-0.25, -0.2) is 4.39 Å². The highest BCUT2D eigenvalue weighted by Gasteiger charge is 2.61. The van der Waals surface area contributed by atoms with E-state index >= 15 is 0 Å². The molecule has 5 heteroatoms. The molecule has 0 spiro atoms. The van der Waals surface area contributed by atoms with Crippen molar-refractivity contribution in [1.29, 1.82) is 0 Å². The first kappa shape index (κ1) is 24.2. The summed E-state index contributed by atoms with van der Waals surface area (Å²) in [5.74, 6) is 1.83. The zero-order chi connectivity index (χ0) is 25.1. The zero-order valence-electron chi connectivity index (χ0n) is 21.8. The molecule has 0 bridgehead atoms. The number of hydrogen-bond acceptors (Lipinski definition) is 2. The number of carbonyl (C=O) groups is 2. The summed E-state index contributed by atoms with van der Waals surface area (Å²) in [6.45, 7) is 4.75. The fraction of sp³-hybridized carbons (Fsp3) is 0.677. The van der Waals surface area contributed by atoms with Crippen LogP contribution in [0.3, 0.4) is 0 Å². The molecule has 1 aliphatic heterocycles. The van der Waals surface area contributed by atoms with Crippen LogP contribution in [-0.2, 0) is 9.59 Å². The third-order valence-electron chi connectivity index (χ3n) is 11.3. The highest BCUT2D eigenvalue weighted by molar-refractivity contribution is 5.96. The van der Waals surface area contributed by atoms with Crippen LogP contribution < -0.4 is 10.2 Å². The Morgan fingerprint density at radius 1 is 0.944 bits per heavy atom. The number of rotatable bonds is 3. The van der Waals surface area contributed by atoms with Crippen LogP contribution >= 0.6 is 0 Å². The molecule has 194 valence electrons. The lowest BCUT2D eigenvalue weighted by molar-refractivity contribution is -0.132. The summed E-state index contributed by atoms with van der Waals surface area (Å²) < 4.78 is 13.8. The maximum Gasteiger partial charge on any atom is 0.243 e. The number of hydrogen-bond donors (Lipinski definition) is 1. The molecule has 1 aromatic rings. The van der Waals surface area contributed by atoms with Crippen molar-refractivity contribution in [2.75, 3.05) is 4.90 Å². The van der Waals surface area contributed by atoms with Gasteiger partial charge < -0.3 is 10.2 Å². The van der Waals surface area contributed by atoms with Gasteiger partial charge in [0.1, 0.15) is 5.82 Å². The number of carbonyl (C=O) groups excluding carboxylic acids is 2. The standard InChI is InChI=1S/C31H41FN2O2/c1-30-18-16-25-23(12-15-27-31(25,2)19-17-28(35)33-27)24(30)13-14-26(30)29(36)34(21-6-4-3-5-7-21)22-10-8-20(32)9-11-22/h8-11,17,19,21,23-27H,3-7,12-16,18H2,1-2H3,(H,33,35)/t23-,24-,25+,26?,27?,30-,31+/m0/s1. The molecule has 7 atom stereocenters. The Morgan fingerprint density at radius 3 is 2.44 bits per heavy atom. The van der Waals surface area contributed by atoms with Crippen LogP contribution in [0.2, 0.25) is 0 Å². The van der Waals surface area contributed by atoms with Gasteiger partial charge in [0.05, 0.1) is 0 Å². The number of halogens is 1. The van der Waals surface area contributed by atoms with Crippen molar-refractivity contribution in [3.63, 3.8) is 0 Å². The first-order valence-corrected chi connectivity index (χ1v) is 14.4. The van der Waals surface area contributed by atoms with E-state index in [-0.39, 0.29) is 46.5 Å². The number of anilines is 1. The first-order chi connectivity index (χ1) is 17.3. The summed E-state index contributed by atoms with van der Waals surface area (Å²) in [5.41, 5.74) is 0.892. The van der Waals surface area contributed by atoms with Crippen molar-refractivity contribution < 1.29 is 14.0 Å². The zero-order valence-corrected chi connectivity index (χ0v) is 21.8. The minimum absolute atomic E-state index is 0.00994. The quantitative estimate of drug-likeness (QED) is 0.530. The summed E-state index contributed by atoms with van der Waals surface area (Å²) in [4.78, 5) is 28.6. The van der Waals surface area contributed by atoms with Crippen molar-refractivity contribution in [2.24, 2.45) is 34.5 Å².